The molecule has 8 heteroatoms. The molecule has 2 N–H and O–H groups in total. The third-order valence-corrected chi connectivity index (χ3v) is 5.30. The standard InChI is InChI=1S/C19H29ClN4O2.HI/c1-21-19(22-13-15-5-4-10-26-15)23-14-18(24-8-11-25-12-9-24)16-6-2-3-7-17(16)20;/h2-3,6-7,15,18H,4-5,8-14H2,1H3,(H2,21,22,23);1H. The molecule has 0 aromatic heterocycles. The topological polar surface area (TPSA) is 58.1 Å². The third-order valence-electron chi connectivity index (χ3n) is 4.96. The largest absolute Gasteiger partial charge is 0.379 e. The van der Waals surface area contributed by atoms with Crippen molar-refractivity contribution in [3.63, 3.8) is 0 Å². The van der Waals surface area contributed by atoms with Crippen LogP contribution in [0.4, 0.5) is 0 Å². The number of hydrogen-bond donors (Lipinski definition) is 2. The van der Waals surface area contributed by atoms with E-state index in [1.807, 2.05) is 18.2 Å². The van der Waals surface area contributed by atoms with Crippen LogP contribution in [-0.2, 0) is 9.47 Å². The number of benzene rings is 1. The first kappa shape index (κ1) is 22.7. The molecule has 3 rings (SSSR count). The van der Waals surface area contributed by atoms with E-state index < -0.39 is 0 Å². The second-order valence-corrected chi connectivity index (χ2v) is 7.06. The Kier molecular flexibility index (Phi) is 10.1. The first-order valence-electron chi connectivity index (χ1n) is 9.40. The van der Waals surface area contributed by atoms with Crippen LogP contribution >= 0.6 is 35.6 Å². The SMILES string of the molecule is CN=C(NCC1CCCO1)NCC(c1ccccc1Cl)N1CCOCC1.I. The number of hydrogen-bond acceptors (Lipinski definition) is 4. The van der Waals surface area contributed by atoms with E-state index in [2.05, 4.69) is 26.6 Å². The first-order chi connectivity index (χ1) is 12.8. The summed E-state index contributed by atoms with van der Waals surface area (Å²) >= 11 is 6.49. The number of morpholine rings is 1. The number of aliphatic imine (C=N–C) groups is 1. The molecule has 2 unspecified atom stereocenters. The predicted molar refractivity (Wildman–Crippen MR) is 120 cm³/mol. The Morgan fingerprint density at radius 3 is 2.70 bits per heavy atom. The van der Waals surface area contributed by atoms with Crippen molar-refractivity contribution in [3.05, 3.63) is 34.9 Å². The van der Waals surface area contributed by atoms with Gasteiger partial charge >= 0.3 is 0 Å². The van der Waals surface area contributed by atoms with Crippen molar-refractivity contribution in [2.24, 2.45) is 4.99 Å². The lowest BCUT2D eigenvalue weighted by Gasteiger charge is -2.35. The highest BCUT2D eigenvalue weighted by atomic mass is 127. The Hall–Kier alpha value is -0.610. The van der Waals surface area contributed by atoms with Crippen molar-refractivity contribution in [3.8, 4) is 0 Å². The molecule has 152 valence electrons. The van der Waals surface area contributed by atoms with Gasteiger partial charge in [-0.3, -0.25) is 9.89 Å². The summed E-state index contributed by atoms with van der Waals surface area (Å²) in [7, 11) is 1.80. The van der Waals surface area contributed by atoms with Gasteiger partial charge < -0.3 is 20.1 Å². The first-order valence-corrected chi connectivity index (χ1v) is 9.78. The lowest BCUT2D eigenvalue weighted by Crippen LogP contribution is -2.47. The van der Waals surface area contributed by atoms with Crippen LogP contribution in [0.5, 0.6) is 0 Å². The molecule has 0 saturated carbocycles. The lowest BCUT2D eigenvalue weighted by molar-refractivity contribution is 0.0170. The van der Waals surface area contributed by atoms with Gasteiger partial charge in [0.15, 0.2) is 5.96 Å². The van der Waals surface area contributed by atoms with E-state index in [0.717, 1.165) is 75.4 Å². The van der Waals surface area contributed by atoms with E-state index in [9.17, 15) is 0 Å². The Balaban J connectivity index is 0.00000261. The van der Waals surface area contributed by atoms with Gasteiger partial charge in [0.05, 0.1) is 25.4 Å². The molecular formula is C19H30ClIN4O2. The Labute approximate surface area is 184 Å². The Morgan fingerprint density at radius 1 is 1.26 bits per heavy atom. The Morgan fingerprint density at radius 2 is 2.04 bits per heavy atom. The van der Waals surface area contributed by atoms with Gasteiger partial charge in [0.25, 0.3) is 0 Å². The number of halogens is 2. The lowest BCUT2D eigenvalue weighted by atomic mass is 10.0. The molecule has 0 aliphatic carbocycles. The molecule has 2 fully saturated rings. The van der Waals surface area contributed by atoms with Crippen molar-refractivity contribution >= 4 is 41.5 Å². The minimum absolute atomic E-state index is 0. The van der Waals surface area contributed by atoms with Crippen molar-refractivity contribution in [2.75, 3.05) is 53.0 Å². The van der Waals surface area contributed by atoms with E-state index >= 15 is 0 Å². The molecule has 0 spiro atoms. The molecule has 1 aromatic rings. The molecule has 6 nitrogen and oxygen atoms in total. The van der Waals surface area contributed by atoms with Crippen molar-refractivity contribution in [2.45, 2.75) is 25.0 Å². The summed E-state index contributed by atoms with van der Waals surface area (Å²) in [6.07, 6.45) is 2.54. The summed E-state index contributed by atoms with van der Waals surface area (Å²) in [6, 6.07) is 8.24. The normalized spacial score (nSPS) is 22.1. The molecule has 27 heavy (non-hydrogen) atoms. The van der Waals surface area contributed by atoms with Crippen LogP contribution in [0.15, 0.2) is 29.3 Å². The highest BCUT2D eigenvalue weighted by Gasteiger charge is 2.24. The number of rotatable bonds is 6. The van der Waals surface area contributed by atoms with Crippen LogP contribution in [-0.4, -0.2) is 70.0 Å². The monoisotopic (exact) mass is 508 g/mol. The van der Waals surface area contributed by atoms with Gasteiger partial charge in [0, 0.05) is 44.9 Å². The molecule has 2 atom stereocenters. The molecule has 2 aliphatic rings. The van der Waals surface area contributed by atoms with Gasteiger partial charge in [-0.05, 0) is 24.5 Å². The summed E-state index contributed by atoms with van der Waals surface area (Å²) < 4.78 is 11.2. The maximum Gasteiger partial charge on any atom is 0.191 e. The van der Waals surface area contributed by atoms with E-state index in [1.165, 1.54) is 0 Å². The maximum atomic E-state index is 6.49. The van der Waals surface area contributed by atoms with Gasteiger partial charge in [-0.15, -0.1) is 24.0 Å². The minimum atomic E-state index is 0. The van der Waals surface area contributed by atoms with Gasteiger partial charge in [0.2, 0.25) is 0 Å². The zero-order chi connectivity index (χ0) is 18.2. The minimum Gasteiger partial charge on any atom is -0.379 e. The molecule has 2 aliphatic heterocycles. The third kappa shape index (κ3) is 6.74. The summed E-state index contributed by atoms with van der Waals surface area (Å²) in [5.74, 6) is 0.797. The van der Waals surface area contributed by atoms with Crippen LogP contribution in [0.2, 0.25) is 5.02 Å². The van der Waals surface area contributed by atoms with Crippen molar-refractivity contribution in [1.82, 2.24) is 15.5 Å². The van der Waals surface area contributed by atoms with E-state index in [4.69, 9.17) is 21.1 Å². The van der Waals surface area contributed by atoms with Crippen LogP contribution in [0.25, 0.3) is 0 Å². The van der Waals surface area contributed by atoms with Crippen molar-refractivity contribution < 1.29 is 9.47 Å². The van der Waals surface area contributed by atoms with Gasteiger partial charge in [-0.25, -0.2) is 0 Å². The van der Waals surface area contributed by atoms with Crippen LogP contribution in [0, 0.1) is 0 Å². The van der Waals surface area contributed by atoms with Crippen molar-refractivity contribution in [1.29, 1.82) is 0 Å². The Bertz CT molecular complexity index is 593. The molecule has 0 amide bonds. The number of ether oxygens (including phenoxy) is 2. The summed E-state index contributed by atoms with van der Waals surface area (Å²) in [5.41, 5.74) is 1.14. The van der Waals surface area contributed by atoms with E-state index in [1.54, 1.807) is 7.05 Å². The average molecular weight is 509 g/mol. The van der Waals surface area contributed by atoms with Crippen LogP contribution in [0.3, 0.4) is 0 Å². The quantitative estimate of drug-likeness (QED) is 0.352. The van der Waals surface area contributed by atoms with Crippen LogP contribution in [0.1, 0.15) is 24.4 Å². The zero-order valence-electron chi connectivity index (χ0n) is 15.8. The summed E-state index contributed by atoms with van der Waals surface area (Å²) in [6.45, 7) is 5.70. The highest BCUT2D eigenvalue weighted by Crippen LogP contribution is 2.27. The fourth-order valence-corrected chi connectivity index (χ4v) is 3.76. The van der Waals surface area contributed by atoms with Gasteiger partial charge in [-0.2, -0.15) is 0 Å². The van der Waals surface area contributed by atoms with Gasteiger partial charge in [0.1, 0.15) is 0 Å². The molecule has 1 aromatic carbocycles. The average Bonchev–Trinajstić information content (AvgIpc) is 3.20. The van der Waals surface area contributed by atoms with E-state index in [0.29, 0.717) is 0 Å². The summed E-state index contributed by atoms with van der Waals surface area (Å²) in [5, 5.41) is 7.63. The molecule has 2 saturated heterocycles. The molecule has 0 bridgehead atoms. The molecular weight excluding hydrogens is 479 g/mol. The summed E-state index contributed by atoms with van der Waals surface area (Å²) in [4.78, 5) is 6.77. The zero-order valence-corrected chi connectivity index (χ0v) is 18.9. The smallest absolute Gasteiger partial charge is 0.191 e. The molecule has 2 heterocycles. The highest BCUT2D eigenvalue weighted by molar-refractivity contribution is 14.0. The fourth-order valence-electron chi connectivity index (χ4n) is 3.50. The second-order valence-electron chi connectivity index (χ2n) is 6.65. The fraction of sp³-hybridized carbons (Fsp3) is 0.632. The maximum absolute atomic E-state index is 6.49. The van der Waals surface area contributed by atoms with E-state index in [-0.39, 0.29) is 36.1 Å². The number of nitrogens with one attached hydrogen (secondary N) is 2. The number of guanidine groups is 1. The predicted octanol–water partition coefficient (Wildman–Crippen LogP) is 2.68. The van der Waals surface area contributed by atoms with Crippen LogP contribution < -0.4 is 10.6 Å². The van der Waals surface area contributed by atoms with Gasteiger partial charge in [-0.1, -0.05) is 29.8 Å². The molecule has 0 radical (unpaired) electrons. The number of nitrogens with zero attached hydrogens (tertiary/aromatic N) is 2. The second kappa shape index (κ2) is 12.1.